The molecule has 1 aromatic rings. The van der Waals surface area contributed by atoms with Crippen LogP contribution in [-0.2, 0) is 6.54 Å². The second kappa shape index (κ2) is 7.51. The molecule has 0 amide bonds. The van der Waals surface area contributed by atoms with Gasteiger partial charge in [0.15, 0.2) is 11.5 Å². The second-order valence-corrected chi connectivity index (χ2v) is 5.66. The summed E-state index contributed by atoms with van der Waals surface area (Å²) in [7, 11) is 0. The standard InChI is InChI=1S/C15H19BrN2O2/c1-2-12(4-5-17)18-10-11-8-13(16)15-14(9-11)19-6-3-7-20-15/h8-9,12,18H,2-4,6-7,10H2,1H3. The zero-order valence-electron chi connectivity index (χ0n) is 11.6. The number of nitrogens with one attached hydrogen (secondary N) is 1. The van der Waals surface area contributed by atoms with Gasteiger partial charge in [0.05, 0.1) is 30.2 Å². The first-order chi connectivity index (χ1) is 9.74. The van der Waals surface area contributed by atoms with E-state index in [0.29, 0.717) is 19.6 Å². The predicted molar refractivity (Wildman–Crippen MR) is 80.9 cm³/mol. The van der Waals surface area contributed by atoms with E-state index < -0.39 is 0 Å². The maximum absolute atomic E-state index is 8.76. The van der Waals surface area contributed by atoms with Crippen molar-refractivity contribution in [2.45, 2.75) is 38.8 Å². The minimum Gasteiger partial charge on any atom is -0.490 e. The van der Waals surface area contributed by atoms with E-state index in [-0.39, 0.29) is 6.04 Å². The van der Waals surface area contributed by atoms with Crippen LogP contribution in [0.4, 0.5) is 0 Å². The largest absolute Gasteiger partial charge is 0.490 e. The summed E-state index contributed by atoms with van der Waals surface area (Å²) in [6.45, 7) is 4.17. The lowest BCUT2D eigenvalue weighted by molar-refractivity contribution is 0.296. The van der Waals surface area contributed by atoms with Gasteiger partial charge < -0.3 is 14.8 Å². The van der Waals surface area contributed by atoms with Gasteiger partial charge in [-0.05, 0) is 40.0 Å². The van der Waals surface area contributed by atoms with Crippen LogP contribution in [0.15, 0.2) is 16.6 Å². The average Bonchev–Trinajstić information content (AvgIpc) is 2.69. The first-order valence-corrected chi connectivity index (χ1v) is 7.72. The highest BCUT2D eigenvalue weighted by Crippen LogP contribution is 2.38. The van der Waals surface area contributed by atoms with Crippen molar-refractivity contribution in [3.05, 3.63) is 22.2 Å². The Morgan fingerprint density at radius 3 is 2.95 bits per heavy atom. The van der Waals surface area contributed by atoms with Crippen LogP contribution in [0.25, 0.3) is 0 Å². The van der Waals surface area contributed by atoms with E-state index in [1.54, 1.807) is 0 Å². The Hall–Kier alpha value is -1.25. The van der Waals surface area contributed by atoms with E-state index in [4.69, 9.17) is 14.7 Å². The van der Waals surface area contributed by atoms with Crippen molar-refractivity contribution >= 4 is 15.9 Å². The molecule has 2 rings (SSSR count). The Kier molecular flexibility index (Phi) is 5.69. The lowest BCUT2D eigenvalue weighted by Gasteiger charge is -2.15. The number of benzene rings is 1. The Balaban J connectivity index is 2.08. The van der Waals surface area contributed by atoms with E-state index in [9.17, 15) is 0 Å². The number of nitriles is 1. The molecule has 0 radical (unpaired) electrons. The lowest BCUT2D eigenvalue weighted by atomic mass is 10.1. The van der Waals surface area contributed by atoms with Crippen LogP contribution in [0.2, 0.25) is 0 Å². The molecule has 20 heavy (non-hydrogen) atoms. The topological polar surface area (TPSA) is 54.3 Å². The van der Waals surface area contributed by atoms with Crippen molar-refractivity contribution in [3.63, 3.8) is 0 Å². The number of fused-ring (bicyclic) bond motifs is 1. The molecule has 108 valence electrons. The van der Waals surface area contributed by atoms with E-state index >= 15 is 0 Å². The highest BCUT2D eigenvalue weighted by molar-refractivity contribution is 9.10. The SMILES string of the molecule is CCC(CC#N)NCc1cc(Br)c2c(c1)OCCCO2. The van der Waals surface area contributed by atoms with Crippen molar-refractivity contribution in [3.8, 4) is 17.6 Å². The summed E-state index contributed by atoms with van der Waals surface area (Å²) in [4.78, 5) is 0. The highest BCUT2D eigenvalue weighted by Gasteiger charge is 2.15. The van der Waals surface area contributed by atoms with Crippen LogP contribution >= 0.6 is 15.9 Å². The molecule has 0 spiro atoms. The van der Waals surface area contributed by atoms with Crippen molar-refractivity contribution in [1.29, 1.82) is 5.26 Å². The molecule has 0 aliphatic carbocycles. The van der Waals surface area contributed by atoms with Gasteiger partial charge in [-0.3, -0.25) is 0 Å². The first-order valence-electron chi connectivity index (χ1n) is 6.93. The molecule has 1 aliphatic rings. The van der Waals surface area contributed by atoms with Crippen molar-refractivity contribution in [2.75, 3.05) is 13.2 Å². The number of nitrogens with zero attached hydrogens (tertiary/aromatic N) is 1. The van der Waals surface area contributed by atoms with Gasteiger partial charge in [0, 0.05) is 19.0 Å². The average molecular weight is 339 g/mol. The summed E-state index contributed by atoms with van der Waals surface area (Å²) in [5.41, 5.74) is 1.12. The molecule has 0 saturated carbocycles. The Bertz CT molecular complexity index is 499. The van der Waals surface area contributed by atoms with Gasteiger partial charge in [0.2, 0.25) is 0 Å². The zero-order chi connectivity index (χ0) is 14.4. The number of hydrogen-bond acceptors (Lipinski definition) is 4. The summed E-state index contributed by atoms with van der Waals surface area (Å²) >= 11 is 3.54. The van der Waals surface area contributed by atoms with Gasteiger partial charge in [0.25, 0.3) is 0 Å². The van der Waals surface area contributed by atoms with Gasteiger partial charge in [0.1, 0.15) is 0 Å². The molecule has 1 N–H and O–H groups in total. The third kappa shape index (κ3) is 3.87. The summed E-state index contributed by atoms with van der Waals surface area (Å²) < 4.78 is 12.3. The third-order valence-corrected chi connectivity index (χ3v) is 3.88. The fourth-order valence-electron chi connectivity index (χ4n) is 2.12. The van der Waals surface area contributed by atoms with Crippen LogP contribution in [-0.4, -0.2) is 19.3 Å². The van der Waals surface area contributed by atoms with Gasteiger partial charge >= 0.3 is 0 Å². The number of rotatable bonds is 5. The fourth-order valence-corrected chi connectivity index (χ4v) is 2.72. The van der Waals surface area contributed by atoms with Gasteiger partial charge in [-0.1, -0.05) is 6.92 Å². The number of hydrogen-bond donors (Lipinski definition) is 1. The molecule has 4 nitrogen and oxygen atoms in total. The quantitative estimate of drug-likeness (QED) is 0.893. The van der Waals surface area contributed by atoms with Crippen LogP contribution in [0, 0.1) is 11.3 Å². The predicted octanol–water partition coefficient (Wildman–Crippen LogP) is 3.39. The van der Waals surface area contributed by atoms with Crippen molar-refractivity contribution in [1.82, 2.24) is 5.32 Å². The first kappa shape index (κ1) is 15.1. The number of halogens is 1. The summed E-state index contributed by atoms with van der Waals surface area (Å²) in [5, 5.41) is 12.2. The third-order valence-electron chi connectivity index (χ3n) is 3.29. The minimum atomic E-state index is 0.231. The smallest absolute Gasteiger partial charge is 0.175 e. The zero-order valence-corrected chi connectivity index (χ0v) is 13.2. The molecule has 0 bridgehead atoms. The van der Waals surface area contributed by atoms with Crippen molar-refractivity contribution in [2.24, 2.45) is 0 Å². The summed E-state index contributed by atoms with van der Waals surface area (Å²) in [6, 6.07) is 6.49. The molecule has 5 heteroatoms. The summed E-state index contributed by atoms with van der Waals surface area (Å²) in [6.07, 6.45) is 2.37. The molecule has 1 aromatic carbocycles. The highest BCUT2D eigenvalue weighted by atomic mass is 79.9. The lowest BCUT2D eigenvalue weighted by Crippen LogP contribution is -2.27. The summed E-state index contributed by atoms with van der Waals surface area (Å²) in [5.74, 6) is 1.58. The van der Waals surface area contributed by atoms with E-state index in [2.05, 4.69) is 34.2 Å². The molecule has 0 saturated heterocycles. The normalized spacial score (nSPS) is 15.2. The molecule has 0 fully saturated rings. The van der Waals surface area contributed by atoms with Gasteiger partial charge in [-0.25, -0.2) is 0 Å². The second-order valence-electron chi connectivity index (χ2n) is 4.80. The van der Waals surface area contributed by atoms with E-state index in [1.165, 1.54) is 0 Å². The van der Waals surface area contributed by atoms with Crippen molar-refractivity contribution < 1.29 is 9.47 Å². The maximum Gasteiger partial charge on any atom is 0.175 e. The van der Waals surface area contributed by atoms with Crippen LogP contribution in [0.1, 0.15) is 31.7 Å². The van der Waals surface area contributed by atoms with Gasteiger partial charge in [-0.2, -0.15) is 5.26 Å². The molecular weight excluding hydrogens is 320 g/mol. The van der Waals surface area contributed by atoms with E-state index in [0.717, 1.165) is 40.9 Å². The molecule has 1 heterocycles. The Morgan fingerprint density at radius 1 is 1.40 bits per heavy atom. The van der Waals surface area contributed by atoms with Crippen LogP contribution in [0.3, 0.4) is 0 Å². The molecular formula is C15H19BrN2O2. The molecule has 0 aromatic heterocycles. The van der Waals surface area contributed by atoms with Gasteiger partial charge in [-0.15, -0.1) is 0 Å². The molecule has 1 atom stereocenters. The van der Waals surface area contributed by atoms with E-state index in [1.807, 2.05) is 12.1 Å². The van der Waals surface area contributed by atoms with Crippen LogP contribution < -0.4 is 14.8 Å². The molecule has 1 aliphatic heterocycles. The minimum absolute atomic E-state index is 0.231. The monoisotopic (exact) mass is 338 g/mol. The Morgan fingerprint density at radius 2 is 2.20 bits per heavy atom. The Labute approximate surface area is 128 Å². The maximum atomic E-state index is 8.76. The van der Waals surface area contributed by atoms with Crippen LogP contribution in [0.5, 0.6) is 11.5 Å². The number of ether oxygens (including phenoxy) is 2. The molecule has 1 unspecified atom stereocenters. The fraction of sp³-hybridized carbons (Fsp3) is 0.533.